The molecule has 0 atom stereocenters. The van der Waals surface area contributed by atoms with Gasteiger partial charge in [0.15, 0.2) is 6.73 Å². The van der Waals surface area contributed by atoms with E-state index < -0.39 is 0 Å². The molecule has 0 aliphatic rings. The molecule has 0 fully saturated rings. The third-order valence-electron chi connectivity index (χ3n) is 4.92. The Morgan fingerprint density at radius 3 is 1.65 bits per heavy atom. The summed E-state index contributed by atoms with van der Waals surface area (Å²) in [5.41, 5.74) is 0. The molecule has 23 heavy (non-hydrogen) atoms. The lowest BCUT2D eigenvalue weighted by atomic mass is 10.1. The standard InChI is InChI=1S/C19H42NO2.ClH/c1-4-7-8-9-10-11-12-13-14-15-18-22-19-20(5-2,6-3)16-17-21;/h21H,4-19H2,1-3H3;1H/q+1;/p-1. The van der Waals surface area contributed by atoms with Crippen LogP contribution in [0.5, 0.6) is 0 Å². The van der Waals surface area contributed by atoms with Gasteiger partial charge in [-0.3, -0.25) is 4.48 Å². The topological polar surface area (TPSA) is 29.5 Å². The van der Waals surface area contributed by atoms with Crippen LogP contribution in [0.3, 0.4) is 0 Å². The molecule has 0 heterocycles. The molecule has 0 amide bonds. The molecule has 0 aliphatic heterocycles. The summed E-state index contributed by atoms with van der Waals surface area (Å²) in [7, 11) is 0. The van der Waals surface area contributed by atoms with Gasteiger partial charge in [0.05, 0.1) is 26.3 Å². The molecule has 0 bridgehead atoms. The molecule has 3 nitrogen and oxygen atoms in total. The summed E-state index contributed by atoms with van der Waals surface area (Å²) in [6.07, 6.45) is 13.7. The first-order valence-electron chi connectivity index (χ1n) is 9.78. The van der Waals surface area contributed by atoms with Crippen molar-refractivity contribution in [3.63, 3.8) is 0 Å². The van der Waals surface area contributed by atoms with Gasteiger partial charge < -0.3 is 22.3 Å². The smallest absolute Gasteiger partial charge is 0.183 e. The van der Waals surface area contributed by atoms with Gasteiger partial charge in [0, 0.05) is 0 Å². The number of nitrogens with zero attached hydrogens (tertiary/aromatic N) is 1. The van der Waals surface area contributed by atoms with Gasteiger partial charge in [-0.05, 0) is 20.3 Å². The molecule has 4 heteroatoms. The number of quaternary nitrogens is 1. The van der Waals surface area contributed by atoms with Gasteiger partial charge in [0.25, 0.3) is 0 Å². The average molecular weight is 352 g/mol. The first-order valence-corrected chi connectivity index (χ1v) is 9.78. The third-order valence-corrected chi connectivity index (χ3v) is 4.92. The van der Waals surface area contributed by atoms with Crippen LogP contribution in [0.25, 0.3) is 0 Å². The maximum absolute atomic E-state index is 9.18. The zero-order valence-corrected chi connectivity index (χ0v) is 16.8. The molecule has 0 unspecified atom stereocenters. The summed E-state index contributed by atoms with van der Waals surface area (Å²) in [6.45, 7) is 11.4. The van der Waals surface area contributed by atoms with Crippen LogP contribution in [-0.4, -0.2) is 49.2 Å². The van der Waals surface area contributed by atoms with Crippen LogP contribution < -0.4 is 12.4 Å². The van der Waals surface area contributed by atoms with Crippen molar-refractivity contribution in [2.45, 2.75) is 85.0 Å². The number of likely N-dealkylation sites (N-methyl/N-ethyl adjacent to an activating group) is 1. The average Bonchev–Trinajstić information content (AvgIpc) is 2.55. The predicted octanol–water partition coefficient (Wildman–Crippen LogP) is 1.73. The zero-order valence-electron chi connectivity index (χ0n) is 16.0. The Balaban J connectivity index is 0. The molecule has 0 aromatic carbocycles. The van der Waals surface area contributed by atoms with Crippen molar-refractivity contribution in [3.05, 3.63) is 0 Å². The number of rotatable bonds is 17. The Hall–Kier alpha value is 0.170. The minimum absolute atomic E-state index is 0. The summed E-state index contributed by atoms with van der Waals surface area (Å²) >= 11 is 0. The van der Waals surface area contributed by atoms with Gasteiger partial charge in [0.1, 0.15) is 6.54 Å². The van der Waals surface area contributed by atoms with E-state index in [1.54, 1.807) is 0 Å². The molecule has 0 saturated carbocycles. The monoisotopic (exact) mass is 351 g/mol. The highest BCUT2D eigenvalue weighted by atomic mass is 35.5. The van der Waals surface area contributed by atoms with Gasteiger partial charge in [-0.1, -0.05) is 64.7 Å². The van der Waals surface area contributed by atoms with Crippen LogP contribution in [-0.2, 0) is 4.74 Å². The Morgan fingerprint density at radius 2 is 1.22 bits per heavy atom. The van der Waals surface area contributed by atoms with Crippen molar-refractivity contribution in [1.82, 2.24) is 0 Å². The maximum atomic E-state index is 9.18. The van der Waals surface area contributed by atoms with Crippen molar-refractivity contribution < 1.29 is 26.7 Å². The summed E-state index contributed by atoms with van der Waals surface area (Å²) in [5, 5.41) is 9.18. The second-order valence-electron chi connectivity index (χ2n) is 6.64. The van der Waals surface area contributed by atoms with Crippen molar-refractivity contribution in [1.29, 1.82) is 0 Å². The van der Waals surface area contributed by atoms with Crippen LogP contribution in [0.2, 0.25) is 0 Å². The van der Waals surface area contributed by atoms with Gasteiger partial charge in [-0.2, -0.15) is 0 Å². The molecular formula is C19H42ClNO2. The largest absolute Gasteiger partial charge is 1.00 e. The number of aliphatic hydroxyl groups excluding tert-OH is 1. The van der Waals surface area contributed by atoms with E-state index in [9.17, 15) is 5.11 Å². The maximum Gasteiger partial charge on any atom is 0.183 e. The van der Waals surface area contributed by atoms with E-state index in [2.05, 4.69) is 20.8 Å². The quantitative estimate of drug-likeness (QED) is 0.246. The highest BCUT2D eigenvalue weighted by Crippen LogP contribution is 2.11. The number of hydrogen-bond acceptors (Lipinski definition) is 2. The molecule has 0 aromatic rings. The molecule has 0 radical (unpaired) electrons. The van der Waals surface area contributed by atoms with Crippen molar-refractivity contribution in [2.75, 3.05) is 39.6 Å². The second kappa shape index (κ2) is 18.5. The van der Waals surface area contributed by atoms with Gasteiger partial charge >= 0.3 is 0 Å². The number of halogens is 1. The fourth-order valence-corrected chi connectivity index (χ4v) is 2.95. The fraction of sp³-hybridized carbons (Fsp3) is 1.00. The molecule has 0 spiro atoms. The number of aliphatic hydroxyl groups is 1. The van der Waals surface area contributed by atoms with Crippen LogP contribution in [0, 0.1) is 0 Å². The van der Waals surface area contributed by atoms with E-state index in [1.165, 1.54) is 64.2 Å². The first-order chi connectivity index (χ1) is 10.7. The van der Waals surface area contributed by atoms with E-state index in [0.717, 1.165) is 37.5 Å². The highest BCUT2D eigenvalue weighted by Gasteiger charge is 2.22. The molecule has 0 aromatic heterocycles. The van der Waals surface area contributed by atoms with E-state index in [4.69, 9.17) is 4.74 Å². The van der Waals surface area contributed by atoms with Crippen LogP contribution in [0.1, 0.15) is 85.0 Å². The van der Waals surface area contributed by atoms with Gasteiger partial charge in [-0.25, -0.2) is 0 Å². The predicted molar refractivity (Wildman–Crippen MR) is 96.0 cm³/mol. The summed E-state index contributed by atoms with van der Waals surface area (Å²) < 4.78 is 6.75. The van der Waals surface area contributed by atoms with E-state index in [0.29, 0.717) is 0 Å². The summed E-state index contributed by atoms with van der Waals surface area (Å²) in [5.74, 6) is 0. The molecule has 0 saturated heterocycles. The fourth-order valence-electron chi connectivity index (χ4n) is 2.95. The normalized spacial score (nSPS) is 11.5. The van der Waals surface area contributed by atoms with Crippen LogP contribution in [0.4, 0.5) is 0 Å². The minimum atomic E-state index is 0. The van der Waals surface area contributed by atoms with Crippen molar-refractivity contribution in [2.24, 2.45) is 0 Å². The molecule has 1 N–H and O–H groups in total. The number of ether oxygens (including phenoxy) is 1. The second-order valence-corrected chi connectivity index (χ2v) is 6.64. The van der Waals surface area contributed by atoms with Gasteiger partial charge in [-0.15, -0.1) is 0 Å². The first kappa shape index (κ1) is 25.4. The van der Waals surface area contributed by atoms with E-state index in [1.807, 2.05) is 0 Å². The van der Waals surface area contributed by atoms with Crippen LogP contribution in [0.15, 0.2) is 0 Å². The SMILES string of the molecule is CCCCCCCCCCCCOC[N+](CC)(CC)CCO.[Cl-]. The summed E-state index contributed by atoms with van der Waals surface area (Å²) in [4.78, 5) is 0. The zero-order chi connectivity index (χ0) is 16.5. The van der Waals surface area contributed by atoms with Crippen molar-refractivity contribution >= 4 is 0 Å². The Labute approximate surface area is 151 Å². The third kappa shape index (κ3) is 14.2. The lowest BCUT2D eigenvalue weighted by molar-refractivity contribution is -0.943. The summed E-state index contributed by atoms with van der Waals surface area (Å²) in [6, 6.07) is 0. The number of unbranched alkanes of at least 4 members (excludes halogenated alkanes) is 9. The minimum Gasteiger partial charge on any atom is -1.00 e. The molecular weight excluding hydrogens is 310 g/mol. The van der Waals surface area contributed by atoms with Crippen LogP contribution >= 0.6 is 0 Å². The van der Waals surface area contributed by atoms with E-state index >= 15 is 0 Å². The Morgan fingerprint density at radius 1 is 0.739 bits per heavy atom. The Bertz CT molecular complexity index is 223. The molecule has 0 rings (SSSR count). The van der Waals surface area contributed by atoms with E-state index in [-0.39, 0.29) is 19.0 Å². The molecule has 142 valence electrons. The highest BCUT2D eigenvalue weighted by molar-refractivity contribution is 4.47. The lowest BCUT2D eigenvalue weighted by Gasteiger charge is -2.35. The number of hydrogen-bond donors (Lipinski definition) is 1. The lowest BCUT2D eigenvalue weighted by Crippen LogP contribution is -3.00. The van der Waals surface area contributed by atoms with Crippen molar-refractivity contribution in [3.8, 4) is 0 Å². The Kier molecular flexibility index (Phi) is 20.4. The van der Waals surface area contributed by atoms with Gasteiger partial charge in [0.2, 0.25) is 0 Å². The molecule has 0 aliphatic carbocycles.